The SMILES string of the molecule is C=C(/C=N\C(=C/C)Nc1nc(N)c(C(=O)c2c(F)cccc2F)s1)C(=O)NCC1CCCN1CC. The Labute approximate surface area is 206 Å². The average Bonchev–Trinajstić information content (AvgIpc) is 3.45. The number of aliphatic imine (C=N–C) groups is 1. The largest absolute Gasteiger partial charge is 0.382 e. The smallest absolute Gasteiger partial charge is 0.252 e. The van der Waals surface area contributed by atoms with Gasteiger partial charge in [0.2, 0.25) is 5.78 Å². The number of anilines is 2. The summed E-state index contributed by atoms with van der Waals surface area (Å²) in [6, 6.07) is 3.49. The van der Waals surface area contributed by atoms with Gasteiger partial charge in [0.05, 0.1) is 11.1 Å². The predicted octanol–water partition coefficient (Wildman–Crippen LogP) is 3.74. The molecule has 3 rings (SSSR count). The van der Waals surface area contributed by atoms with Crippen LogP contribution in [0.2, 0.25) is 0 Å². The first-order chi connectivity index (χ1) is 16.7. The number of nitrogens with zero attached hydrogens (tertiary/aromatic N) is 3. The Hall–Kier alpha value is -3.44. The predicted molar refractivity (Wildman–Crippen MR) is 135 cm³/mol. The molecule has 1 fully saturated rings. The fraction of sp³-hybridized carbons (Fsp3) is 0.333. The number of nitrogens with two attached hydrogens (primary N) is 1. The van der Waals surface area contributed by atoms with Gasteiger partial charge in [-0.15, -0.1) is 0 Å². The second-order valence-corrected chi connectivity index (χ2v) is 8.88. The van der Waals surface area contributed by atoms with Gasteiger partial charge in [0, 0.05) is 18.8 Å². The molecule has 4 N–H and O–H groups in total. The van der Waals surface area contributed by atoms with E-state index in [2.05, 4.69) is 39.0 Å². The first kappa shape index (κ1) is 26.2. The van der Waals surface area contributed by atoms with Crippen molar-refractivity contribution in [1.82, 2.24) is 15.2 Å². The van der Waals surface area contributed by atoms with Crippen molar-refractivity contribution in [1.29, 1.82) is 0 Å². The Morgan fingerprint density at radius 3 is 2.74 bits per heavy atom. The van der Waals surface area contributed by atoms with Gasteiger partial charge in [0.25, 0.3) is 5.91 Å². The van der Waals surface area contributed by atoms with Gasteiger partial charge in [-0.05, 0) is 51.1 Å². The van der Waals surface area contributed by atoms with Crippen molar-refractivity contribution in [2.24, 2.45) is 4.99 Å². The number of carbonyl (C=O) groups excluding carboxylic acids is 2. The highest BCUT2D eigenvalue weighted by molar-refractivity contribution is 7.18. The van der Waals surface area contributed by atoms with Crippen LogP contribution >= 0.6 is 11.3 Å². The van der Waals surface area contributed by atoms with Crippen LogP contribution in [0.4, 0.5) is 19.7 Å². The summed E-state index contributed by atoms with van der Waals surface area (Å²) >= 11 is 0.837. The summed E-state index contributed by atoms with van der Waals surface area (Å²) in [5.74, 6) is -3.03. The molecule has 186 valence electrons. The summed E-state index contributed by atoms with van der Waals surface area (Å²) in [6.07, 6.45) is 5.11. The number of thiazole rings is 1. The quantitative estimate of drug-likeness (QED) is 0.259. The number of amides is 1. The second-order valence-electron chi connectivity index (χ2n) is 7.88. The zero-order valence-electron chi connectivity index (χ0n) is 19.6. The first-order valence-electron chi connectivity index (χ1n) is 11.2. The molecular weight excluding hydrogens is 474 g/mol. The molecule has 0 aliphatic carbocycles. The number of likely N-dealkylation sites (tertiary alicyclic amines) is 1. The summed E-state index contributed by atoms with van der Waals surface area (Å²) in [4.78, 5) is 35.5. The number of carbonyl (C=O) groups is 2. The lowest BCUT2D eigenvalue weighted by molar-refractivity contribution is -0.117. The van der Waals surface area contributed by atoms with Crippen molar-refractivity contribution in [2.45, 2.75) is 32.7 Å². The van der Waals surface area contributed by atoms with Gasteiger partial charge in [-0.3, -0.25) is 14.5 Å². The van der Waals surface area contributed by atoms with Gasteiger partial charge in [0.1, 0.15) is 28.2 Å². The number of aromatic nitrogens is 1. The number of hydrogen-bond acceptors (Lipinski definition) is 8. The summed E-state index contributed by atoms with van der Waals surface area (Å²) in [5.41, 5.74) is 5.31. The molecule has 1 aromatic heterocycles. The Balaban J connectivity index is 1.62. The summed E-state index contributed by atoms with van der Waals surface area (Å²) in [6.45, 7) is 10.1. The van der Waals surface area contributed by atoms with E-state index in [1.165, 1.54) is 12.3 Å². The third-order valence-corrected chi connectivity index (χ3v) is 6.60. The third-order valence-electron chi connectivity index (χ3n) is 5.61. The van der Waals surface area contributed by atoms with E-state index in [9.17, 15) is 18.4 Å². The Kier molecular flexibility index (Phi) is 8.83. The van der Waals surface area contributed by atoms with Gasteiger partial charge in [-0.2, -0.15) is 0 Å². The van der Waals surface area contributed by atoms with Crippen LogP contribution in [0.25, 0.3) is 0 Å². The molecule has 1 aliphatic rings. The van der Waals surface area contributed by atoms with Gasteiger partial charge >= 0.3 is 0 Å². The minimum Gasteiger partial charge on any atom is -0.382 e. The lowest BCUT2D eigenvalue weighted by atomic mass is 10.1. The maximum Gasteiger partial charge on any atom is 0.252 e. The van der Waals surface area contributed by atoms with Crippen LogP contribution in [0, 0.1) is 11.6 Å². The molecule has 1 atom stereocenters. The fourth-order valence-corrected chi connectivity index (χ4v) is 4.58. The number of likely N-dealkylation sites (N-methyl/N-ethyl adjacent to an activating group) is 1. The number of allylic oxidation sites excluding steroid dienone is 1. The average molecular weight is 503 g/mol. The maximum absolute atomic E-state index is 14.0. The minimum atomic E-state index is -0.983. The number of halogens is 2. The molecule has 0 spiro atoms. The molecule has 1 unspecified atom stereocenters. The normalized spacial score (nSPS) is 16.6. The zero-order valence-corrected chi connectivity index (χ0v) is 20.4. The number of nitrogen functional groups attached to an aromatic ring is 1. The van der Waals surface area contributed by atoms with E-state index < -0.39 is 23.0 Å². The number of ketones is 1. The summed E-state index contributed by atoms with van der Waals surface area (Å²) in [7, 11) is 0. The van der Waals surface area contributed by atoms with Crippen LogP contribution in [-0.4, -0.2) is 53.5 Å². The maximum atomic E-state index is 14.0. The molecule has 0 bridgehead atoms. The lowest BCUT2D eigenvalue weighted by Gasteiger charge is -2.22. The van der Waals surface area contributed by atoms with Crippen molar-refractivity contribution < 1.29 is 18.4 Å². The molecule has 0 saturated carbocycles. The third kappa shape index (κ3) is 6.37. The van der Waals surface area contributed by atoms with Gasteiger partial charge in [-0.1, -0.05) is 30.9 Å². The van der Waals surface area contributed by atoms with E-state index in [1.54, 1.807) is 13.0 Å². The molecule has 1 aliphatic heterocycles. The van der Waals surface area contributed by atoms with Crippen molar-refractivity contribution in [3.8, 4) is 0 Å². The number of rotatable bonds is 10. The molecule has 11 heteroatoms. The highest BCUT2D eigenvalue weighted by Gasteiger charge is 2.25. The van der Waals surface area contributed by atoms with E-state index in [0.717, 1.165) is 49.4 Å². The van der Waals surface area contributed by atoms with Gasteiger partial charge in [0.15, 0.2) is 5.13 Å². The first-order valence-corrected chi connectivity index (χ1v) is 12.0. The zero-order chi connectivity index (χ0) is 25.5. The van der Waals surface area contributed by atoms with E-state index >= 15 is 0 Å². The topological polar surface area (TPSA) is 113 Å². The van der Waals surface area contributed by atoms with Crippen molar-refractivity contribution >= 4 is 40.2 Å². The van der Waals surface area contributed by atoms with Crippen molar-refractivity contribution in [3.63, 3.8) is 0 Å². The minimum absolute atomic E-state index is 0.104. The monoisotopic (exact) mass is 502 g/mol. The van der Waals surface area contributed by atoms with Crippen LogP contribution < -0.4 is 16.4 Å². The Morgan fingerprint density at radius 2 is 2.09 bits per heavy atom. The fourth-order valence-electron chi connectivity index (χ4n) is 3.74. The summed E-state index contributed by atoms with van der Waals surface area (Å²) < 4.78 is 28.0. The Morgan fingerprint density at radius 1 is 1.37 bits per heavy atom. The van der Waals surface area contributed by atoms with Crippen molar-refractivity contribution in [2.75, 3.05) is 30.7 Å². The molecule has 1 saturated heterocycles. The molecule has 35 heavy (non-hydrogen) atoms. The second kappa shape index (κ2) is 11.8. The van der Waals surface area contributed by atoms with E-state index in [-0.39, 0.29) is 27.3 Å². The molecule has 0 radical (unpaired) electrons. The van der Waals surface area contributed by atoms with Gasteiger partial charge in [-0.25, -0.2) is 18.8 Å². The molecule has 2 aromatic rings. The van der Waals surface area contributed by atoms with Crippen LogP contribution in [0.3, 0.4) is 0 Å². The van der Waals surface area contributed by atoms with E-state index in [0.29, 0.717) is 18.4 Å². The molecule has 1 amide bonds. The number of nitrogens with one attached hydrogen (secondary N) is 2. The Bertz CT molecular complexity index is 1160. The van der Waals surface area contributed by atoms with Crippen LogP contribution in [0.5, 0.6) is 0 Å². The van der Waals surface area contributed by atoms with E-state index in [1.807, 2.05) is 0 Å². The van der Waals surface area contributed by atoms with Crippen LogP contribution in [0.15, 0.2) is 47.2 Å². The lowest BCUT2D eigenvalue weighted by Crippen LogP contribution is -2.40. The van der Waals surface area contributed by atoms with Gasteiger partial charge < -0.3 is 16.4 Å². The van der Waals surface area contributed by atoms with E-state index in [4.69, 9.17) is 5.73 Å². The molecular formula is C24H28F2N6O2S. The van der Waals surface area contributed by atoms with Crippen LogP contribution in [0.1, 0.15) is 41.9 Å². The number of hydrogen-bond donors (Lipinski definition) is 3. The standard InChI is InChI=1S/C24H28F2N6O2S/c1-4-18(28-12-14(3)23(34)29-13-15-8-7-11-32(15)5-2)30-24-31-22(27)21(35-24)20(33)19-16(25)9-6-10-17(19)26/h4,6,9-10,12,15H,3,5,7-8,11,13,27H2,1-2H3,(H,29,34)(H,30,31)/b18-4+,28-12-. The van der Waals surface area contributed by atoms with Crippen LogP contribution in [-0.2, 0) is 4.79 Å². The highest BCUT2D eigenvalue weighted by Crippen LogP contribution is 2.30. The molecule has 8 nitrogen and oxygen atoms in total. The molecule has 2 heterocycles. The number of benzene rings is 1. The van der Waals surface area contributed by atoms with Crippen molar-refractivity contribution in [3.05, 3.63) is 64.3 Å². The highest BCUT2D eigenvalue weighted by atomic mass is 32.1. The molecule has 1 aromatic carbocycles. The summed E-state index contributed by atoms with van der Waals surface area (Å²) in [5, 5.41) is 5.97.